The predicted octanol–water partition coefficient (Wildman–Crippen LogP) is 3.56. The molecule has 0 fully saturated rings. The van der Waals surface area contributed by atoms with E-state index < -0.39 is 11.9 Å². The quantitative estimate of drug-likeness (QED) is 0.500. The Hall–Kier alpha value is -3.46. The van der Waals surface area contributed by atoms with Crippen molar-refractivity contribution in [3.05, 3.63) is 65.7 Å². The van der Waals surface area contributed by atoms with Crippen LogP contribution in [0.2, 0.25) is 0 Å². The number of ether oxygens (including phenoxy) is 1. The fraction of sp³-hybridized carbons (Fsp3) is 0.158. The Morgan fingerprint density at radius 3 is 2.75 bits per heavy atom. The Balaban J connectivity index is 1.70. The van der Waals surface area contributed by atoms with Crippen LogP contribution in [0.25, 0.3) is 10.3 Å². The summed E-state index contributed by atoms with van der Waals surface area (Å²) in [7, 11) is 0. The Morgan fingerprint density at radius 1 is 1.21 bits per heavy atom. The molecule has 0 unspecified atom stereocenters. The molecule has 3 aromatic heterocycles. The summed E-state index contributed by atoms with van der Waals surface area (Å²) in [6.45, 7) is 2.41. The van der Waals surface area contributed by atoms with Gasteiger partial charge in [0.25, 0.3) is 5.91 Å². The summed E-state index contributed by atoms with van der Waals surface area (Å²) >= 11 is 1.17. The third-order valence-electron chi connectivity index (χ3n) is 3.90. The molecule has 9 heteroatoms. The summed E-state index contributed by atoms with van der Waals surface area (Å²) in [6.07, 6.45) is 1.42. The van der Waals surface area contributed by atoms with Crippen LogP contribution in [0.15, 0.2) is 53.1 Å². The second kappa shape index (κ2) is 7.65. The number of hydrogen-bond donors (Lipinski definition) is 1. The lowest BCUT2D eigenvalue weighted by atomic mass is 10.2. The Kier molecular flexibility index (Phi) is 4.90. The zero-order valence-corrected chi connectivity index (χ0v) is 15.7. The molecule has 0 spiro atoms. The molecule has 142 valence electrons. The number of hydrogen-bond acceptors (Lipinski definition) is 7. The SMILES string of the molecule is CCOC(=O)c1nn(Cc2ccccc2)c2nc(NC(=O)c3ccco3)sc12. The number of nitrogens with one attached hydrogen (secondary N) is 1. The van der Waals surface area contributed by atoms with Crippen molar-refractivity contribution < 1.29 is 18.7 Å². The standard InChI is InChI=1S/C19H16N4O4S/c1-2-26-18(25)14-15-16(23(22-14)11-12-7-4-3-5-8-12)20-19(28-15)21-17(24)13-9-6-10-27-13/h3-10H,2,11H2,1H3,(H,20,21,24). The molecule has 0 aliphatic heterocycles. The number of carbonyl (C=O) groups is 2. The Morgan fingerprint density at radius 2 is 2.04 bits per heavy atom. The van der Waals surface area contributed by atoms with E-state index in [2.05, 4.69) is 15.4 Å². The fourth-order valence-electron chi connectivity index (χ4n) is 2.67. The molecule has 8 nitrogen and oxygen atoms in total. The van der Waals surface area contributed by atoms with Crippen LogP contribution < -0.4 is 5.32 Å². The first-order valence-corrected chi connectivity index (χ1v) is 9.40. The van der Waals surface area contributed by atoms with Gasteiger partial charge in [-0.25, -0.2) is 9.48 Å². The highest BCUT2D eigenvalue weighted by Gasteiger charge is 2.23. The summed E-state index contributed by atoms with van der Waals surface area (Å²) in [5.41, 5.74) is 1.70. The normalized spacial score (nSPS) is 10.9. The maximum atomic E-state index is 12.3. The monoisotopic (exact) mass is 396 g/mol. The number of furan rings is 1. The molecule has 1 amide bonds. The second-order valence-corrected chi connectivity index (χ2v) is 6.81. The third-order valence-corrected chi connectivity index (χ3v) is 4.87. The van der Waals surface area contributed by atoms with Crippen molar-refractivity contribution in [2.24, 2.45) is 0 Å². The molecule has 1 aromatic carbocycles. The summed E-state index contributed by atoms with van der Waals surface area (Å²) in [6, 6.07) is 12.9. The molecule has 1 N–H and O–H groups in total. The molecule has 0 atom stereocenters. The number of carbonyl (C=O) groups excluding carboxylic acids is 2. The van der Waals surface area contributed by atoms with Gasteiger partial charge in [0.05, 0.1) is 19.4 Å². The van der Waals surface area contributed by atoms with E-state index in [9.17, 15) is 9.59 Å². The number of benzene rings is 1. The number of fused-ring (bicyclic) bond motifs is 1. The minimum Gasteiger partial charge on any atom is -0.461 e. The first kappa shape index (κ1) is 17.9. The summed E-state index contributed by atoms with van der Waals surface area (Å²) in [5.74, 6) is -0.760. The fourth-order valence-corrected chi connectivity index (χ4v) is 3.61. The lowest BCUT2D eigenvalue weighted by Crippen LogP contribution is -2.11. The molecule has 0 saturated heterocycles. The number of rotatable bonds is 6. The highest BCUT2D eigenvalue weighted by atomic mass is 32.1. The van der Waals surface area contributed by atoms with Crippen LogP contribution in [0.3, 0.4) is 0 Å². The topological polar surface area (TPSA) is 99.2 Å². The summed E-state index contributed by atoms with van der Waals surface area (Å²) < 4.78 is 12.4. The van der Waals surface area contributed by atoms with Crippen molar-refractivity contribution in [2.75, 3.05) is 11.9 Å². The lowest BCUT2D eigenvalue weighted by molar-refractivity contribution is 0.0520. The number of aromatic nitrogens is 3. The van der Waals surface area contributed by atoms with E-state index in [0.29, 0.717) is 22.0 Å². The van der Waals surface area contributed by atoms with Gasteiger partial charge in [-0.3, -0.25) is 10.1 Å². The van der Waals surface area contributed by atoms with Crippen molar-refractivity contribution in [2.45, 2.75) is 13.5 Å². The maximum Gasteiger partial charge on any atom is 0.360 e. The first-order chi connectivity index (χ1) is 13.7. The van der Waals surface area contributed by atoms with Gasteiger partial charge in [-0.1, -0.05) is 41.7 Å². The van der Waals surface area contributed by atoms with Crippen LogP contribution in [0.5, 0.6) is 0 Å². The largest absolute Gasteiger partial charge is 0.461 e. The van der Waals surface area contributed by atoms with E-state index in [-0.39, 0.29) is 18.1 Å². The van der Waals surface area contributed by atoms with Crippen molar-refractivity contribution in [1.82, 2.24) is 14.8 Å². The van der Waals surface area contributed by atoms with Gasteiger partial charge in [0, 0.05) is 0 Å². The van der Waals surface area contributed by atoms with Crippen LogP contribution >= 0.6 is 11.3 Å². The van der Waals surface area contributed by atoms with Gasteiger partial charge in [0.1, 0.15) is 4.70 Å². The molecular formula is C19H16N4O4S. The molecule has 0 bridgehead atoms. The van der Waals surface area contributed by atoms with E-state index >= 15 is 0 Å². The average molecular weight is 396 g/mol. The minimum absolute atomic E-state index is 0.177. The van der Waals surface area contributed by atoms with Crippen molar-refractivity contribution in [3.63, 3.8) is 0 Å². The van der Waals surface area contributed by atoms with Gasteiger partial charge >= 0.3 is 5.97 Å². The van der Waals surface area contributed by atoms with Crippen molar-refractivity contribution >= 4 is 38.7 Å². The van der Waals surface area contributed by atoms with Gasteiger partial charge in [-0.15, -0.1) is 0 Å². The van der Waals surface area contributed by atoms with E-state index in [1.807, 2.05) is 30.3 Å². The van der Waals surface area contributed by atoms with Gasteiger partial charge in [-0.05, 0) is 24.6 Å². The van der Waals surface area contributed by atoms with Crippen LogP contribution in [-0.2, 0) is 11.3 Å². The molecule has 4 aromatic rings. The Labute approximate surface area is 163 Å². The van der Waals surface area contributed by atoms with Gasteiger partial charge in [-0.2, -0.15) is 10.1 Å². The van der Waals surface area contributed by atoms with Crippen molar-refractivity contribution in [1.29, 1.82) is 0 Å². The number of esters is 1. The molecule has 0 radical (unpaired) electrons. The highest BCUT2D eigenvalue weighted by Crippen LogP contribution is 2.30. The second-order valence-electron chi connectivity index (χ2n) is 5.82. The zero-order valence-electron chi connectivity index (χ0n) is 14.9. The predicted molar refractivity (Wildman–Crippen MR) is 104 cm³/mol. The summed E-state index contributed by atoms with van der Waals surface area (Å²) in [4.78, 5) is 29.0. The zero-order chi connectivity index (χ0) is 19.5. The Bertz CT molecular complexity index is 1120. The highest BCUT2D eigenvalue weighted by molar-refractivity contribution is 7.22. The van der Waals surface area contributed by atoms with E-state index in [0.717, 1.165) is 5.56 Å². The van der Waals surface area contributed by atoms with E-state index in [1.54, 1.807) is 23.7 Å². The molecule has 0 saturated carbocycles. The number of thiazole rings is 1. The smallest absolute Gasteiger partial charge is 0.360 e. The van der Waals surface area contributed by atoms with Crippen LogP contribution in [0.1, 0.15) is 33.5 Å². The van der Waals surface area contributed by atoms with Gasteiger partial charge in [0.15, 0.2) is 22.2 Å². The van der Waals surface area contributed by atoms with Crippen LogP contribution in [0.4, 0.5) is 5.13 Å². The van der Waals surface area contributed by atoms with Crippen molar-refractivity contribution in [3.8, 4) is 0 Å². The first-order valence-electron chi connectivity index (χ1n) is 8.59. The number of amides is 1. The molecule has 4 rings (SSSR count). The van der Waals surface area contributed by atoms with Gasteiger partial charge in [0.2, 0.25) is 0 Å². The molecule has 0 aliphatic rings. The van der Waals surface area contributed by atoms with Gasteiger partial charge < -0.3 is 9.15 Å². The molecule has 28 heavy (non-hydrogen) atoms. The number of anilines is 1. The molecule has 3 heterocycles. The average Bonchev–Trinajstić information content (AvgIpc) is 3.41. The summed E-state index contributed by atoms with van der Waals surface area (Å²) in [5, 5.41) is 7.43. The van der Waals surface area contributed by atoms with Crippen LogP contribution in [-0.4, -0.2) is 33.2 Å². The molecular weight excluding hydrogens is 380 g/mol. The number of nitrogens with zero attached hydrogens (tertiary/aromatic N) is 3. The lowest BCUT2D eigenvalue weighted by Gasteiger charge is -2.03. The van der Waals surface area contributed by atoms with E-state index in [4.69, 9.17) is 9.15 Å². The van der Waals surface area contributed by atoms with Crippen LogP contribution in [0, 0.1) is 0 Å². The minimum atomic E-state index is -0.521. The molecule has 0 aliphatic carbocycles. The maximum absolute atomic E-state index is 12.3. The third kappa shape index (κ3) is 3.52. The van der Waals surface area contributed by atoms with E-state index in [1.165, 1.54) is 17.6 Å².